The van der Waals surface area contributed by atoms with Crippen LogP contribution >= 0.6 is 0 Å². The summed E-state index contributed by atoms with van der Waals surface area (Å²) in [7, 11) is 0. The van der Waals surface area contributed by atoms with Crippen molar-refractivity contribution in [3.05, 3.63) is 11.1 Å². The van der Waals surface area contributed by atoms with Crippen molar-refractivity contribution in [1.29, 1.82) is 0 Å². The average Bonchev–Trinajstić information content (AvgIpc) is 2.59. The van der Waals surface area contributed by atoms with Crippen LogP contribution in [-0.2, 0) is 19.1 Å². The minimum atomic E-state index is -0.860. The molecule has 1 spiro atoms. The number of hydrogen-bond acceptors (Lipinski definition) is 5. The number of aldehydes is 1. The van der Waals surface area contributed by atoms with E-state index in [9.17, 15) is 14.4 Å². The number of likely N-dealkylation sites (tertiary alicyclic amines) is 1. The van der Waals surface area contributed by atoms with E-state index in [2.05, 4.69) is 0 Å². The third-order valence-corrected chi connectivity index (χ3v) is 3.83. The van der Waals surface area contributed by atoms with E-state index in [1.54, 1.807) is 11.8 Å². The number of esters is 1. The Morgan fingerprint density at radius 1 is 1.33 bits per heavy atom. The Kier molecular flexibility index (Phi) is 3.82. The number of piperidine rings is 1. The molecule has 0 saturated carbocycles. The highest BCUT2D eigenvalue weighted by Gasteiger charge is 2.48. The van der Waals surface area contributed by atoms with Crippen LogP contribution < -0.4 is 0 Å². The van der Waals surface area contributed by atoms with Crippen LogP contribution in [0.2, 0.25) is 0 Å². The number of rotatable bonds is 1. The fourth-order valence-corrected chi connectivity index (χ4v) is 2.70. The molecule has 0 aromatic heterocycles. The first-order chi connectivity index (χ1) is 9.68. The van der Waals surface area contributed by atoms with E-state index < -0.39 is 17.2 Å². The maximum atomic E-state index is 12.0. The summed E-state index contributed by atoms with van der Waals surface area (Å²) in [5, 5.41) is 0. The molecule has 0 N–H and O–H groups in total. The highest BCUT2D eigenvalue weighted by Crippen LogP contribution is 2.40. The quantitative estimate of drug-likeness (QED) is 0.545. The van der Waals surface area contributed by atoms with Gasteiger partial charge in [-0.25, -0.2) is 9.59 Å². The van der Waals surface area contributed by atoms with Crippen molar-refractivity contribution < 1.29 is 23.9 Å². The number of carbonyl (C=O) groups is 3. The maximum absolute atomic E-state index is 12.0. The largest absolute Gasteiger partial charge is 0.451 e. The van der Waals surface area contributed by atoms with Crippen molar-refractivity contribution in [3.8, 4) is 0 Å². The summed E-state index contributed by atoms with van der Waals surface area (Å²) in [5.74, 6) is -0.442. The molecule has 0 unspecified atom stereocenters. The van der Waals surface area contributed by atoms with Crippen LogP contribution in [0.1, 0.15) is 40.5 Å². The molecule has 0 atom stereocenters. The van der Waals surface area contributed by atoms with Crippen LogP contribution in [0.4, 0.5) is 4.79 Å². The molecule has 0 aromatic carbocycles. The van der Waals surface area contributed by atoms with Crippen LogP contribution in [-0.4, -0.2) is 47.5 Å². The fourth-order valence-electron chi connectivity index (χ4n) is 2.70. The van der Waals surface area contributed by atoms with E-state index in [1.165, 1.54) is 0 Å². The van der Waals surface area contributed by atoms with Gasteiger partial charge in [-0.3, -0.25) is 4.79 Å². The average molecular weight is 295 g/mol. The van der Waals surface area contributed by atoms with Crippen molar-refractivity contribution in [1.82, 2.24) is 4.90 Å². The lowest BCUT2D eigenvalue weighted by Gasteiger charge is -2.39. The summed E-state index contributed by atoms with van der Waals surface area (Å²) in [6, 6.07) is 0. The van der Waals surface area contributed by atoms with Gasteiger partial charge in [-0.15, -0.1) is 0 Å². The zero-order chi connectivity index (χ0) is 15.8. The summed E-state index contributed by atoms with van der Waals surface area (Å²) in [6.45, 7) is 7.82. The molecule has 1 fully saturated rings. The van der Waals surface area contributed by atoms with Gasteiger partial charge in [0, 0.05) is 37.1 Å². The van der Waals surface area contributed by atoms with Crippen LogP contribution in [0.5, 0.6) is 0 Å². The Hall–Kier alpha value is -1.85. The van der Waals surface area contributed by atoms with Crippen molar-refractivity contribution in [2.45, 2.75) is 51.7 Å². The Bertz CT molecular complexity index is 507. The predicted octanol–water partition coefficient (Wildman–Crippen LogP) is 1.83. The lowest BCUT2D eigenvalue weighted by atomic mass is 9.84. The molecule has 0 bridgehead atoms. The molecule has 2 aliphatic heterocycles. The van der Waals surface area contributed by atoms with Gasteiger partial charge in [-0.05, 0) is 27.7 Å². The number of ether oxygens (including phenoxy) is 2. The maximum Gasteiger partial charge on any atom is 0.410 e. The minimum absolute atomic E-state index is 0.371. The van der Waals surface area contributed by atoms with E-state index in [4.69, 9.17) is 9.47 Å². The smallest absolute Gasteiger partial charge is 0.410 e. The molecule has 2 aliphatic rings. The highest BCUT2D eigenvalue weighted by molar-refractivity contribution is 6.00. The normalized spacial score (nSPS) is 21.5. The lowest BCUT2D eigenvalue weighted by molar-refractivity contribution is -0.150. The first kappa shape index (κ1) is 15.5. The first-order valence-corrected chi connectivity index (χ1v) is 7.06. The first-order valence-electron chi connectivity index (χ1n) is 7.06. The van der Waals surface area contributed by atoms with Gasteiger partial charge < -0.3 is 14.4 Å². The van der Waals surface area contributed by atoms with Gasteiger partial charge >= 0.3 is 12.1 Å². The van der Waals surface area contributed by atoms with E-state index >= 15 is 0 Å². The molecular formula is C15H21NO5. The fraction of sp³-hybridized carbons (Fsp3) is 0.667. The molecule has 116 valence electrons. The predicted molar refractivity (Wildman–Crippen MR) is 74.6 cm³/mol. The monoisotopic (exact) mass is 295 g/mol. The molecule has 2 rings (SSSR count). The summed E-state index contributed by atoms with van der Waals surface area (Å²) in [5.41, 5.74) is -0.621. The second-order valence-electron chi connectivity index (χ2n) is 6.51. The minimum Gasteiger partial charge on any atom is -0.451 e. The molecule has 0 aliphatic carbocycles. The van der Waals surface area contributed by atoms with Gasteiger partial charge in [-0.2, -0.15) is 0 Å². The summed E-state index contributed by atoms with van der Waals surface area (Å²) < 4.78 is 10.7. The van der Waals surface area contributed by atoms with Crippen molar-refractivity contribution >= 4 is 18.3 Å². The molecule has 2 heterocycles. The Balaban J connectivity index is 2.06. The lowest BCUT2D eigenvalue weighted by Crippen LogP contribution is -2.49. The molecule has 1 saturated heterocycles. The molecule has 0 radical (unpaired) electrons. The van der Waals surface area contributed by atoms with Gasteiger partial charge in [0.25, 0.3) is 0 Å². The second-order valence-corrected chi connectivity index (χ2v) is 6.51. The zero-order valence-electron chi connectivity index (χ0n) is 12.9. The third kappa shape index (κ3) is 2.94. The molecule has 6 heteroatoms. The van der Waals surface area contributed by atoms with Crippen LogP contribution in [0, 0.1) is 0 Å². The van der Waals surface area contributed by atoms with Crippen LogP contribution in [0.25, 0.3) is 0 Å². The molecule has 6 nitrogen and oxygen atoms in total. The number of carbonyl (C=O) groups excluding carboxylic acids is 3. The van der Waals surface area contributed by atoms with Gasteiger partial charge in [0.15, 0.2) is 6.29 Å². The Morgan fingerprint density at radius 2 is 1.90 bits per heavy atom. The Morgan fingerprint density at radius 3 is 2.38 bits per heavy atom. The molecule has 21 heavy (non-hydrogen) atoms. The third-order valence-electron chi connectivity index (χ3n) is 3.83. The topological polar surface area (TPSA) is 72.9 Å². The number of nitrogens with zero attached hydrogens (tertiary/aromatic N) is 1. The van der Waals surface area contributed by atoms with E-state index in [0.29, 0.717) is 43.4 Å². The zero-order valence-corrected chi connectivity index (χ0v) is 12.9. The number of hydrogen-bond donors (Lipinski definition) is 0. The van der Waals surface area contributed by atoms with Gasteiger partial charge in [0.05, 0.1) is 0 Å². The van der Waals surface area contributed by atoms with Gasteiger partial charge in [-0.1, -0.05) is 0 Å². The van der Waals surface area contributed by atoms with E-state index in [1.807, 2.05) is 20.8 Å². The van der Waals surface area contributed by atoms with Crippen molar-refractivity contribution in [2.75, 3.05) is 13.1 Å². The van der Waals surface area contributed by atoms with Gasteiger partial charge in [0.2, 0.25) is 0 Å². The summed E-state index contributed by atoms with van der Waals surface area (Å²) in [4.78, 5) is 36.5. The van der Waals surface area contributed by atoms with E-state index in [0.717, 1.165) is 0 Å². The highest BCUT2D eigenvalue weighted by atomic mass is 16.6. The SMILES string of the molecule is CC1=C(C=O)C2(CCN(C(=O)OC(C)(C)C)CC2)OC1=O. The Labute approximate surface area is 124 Å². The van der Waals surface area contributed by atoms with Crippen LogP contribution in [0.15, 0.2) is 11.1 Å². The summed E-state index contributed by atoms with van der Waals surface area (Å²) >= 11 is 0. The molecule has 0 aromatic rings. The standard InChI is InChI=1S/C15H21NO5/c1-10-11(9-17)15(20-12(10)18)5-7-16(8-6-15)13(19)21-14(2,3)4/h9H,5-8H2,1-4H3. The van der Waals surface area contributed by atoms with Gasteiger partial charge in [0.1, 0.15) is 11.2 Å². The van der Waals surface area contributed by atoms with Crippen LogP contribution in [0.3, 0.4) is 0 Å². The summed E-state index contributed by atoms with van der Waals surface area (Å²) in [6.07, 6.45) is 1.16. The van der Waals surface area contributed by atoms with E-state index in [-0.39, 0.29) is 6.09 Å². The number of amides is 1. The second kappa shape index (κ2) is 5.16. The molecule has 1 amide bonds. The van der Waals surface area contributed by atoms with Crippen molar-refractivity contribution in [3.63, 3.8) is 0 Å². The van der Waals surface area contributed by atoms with Crippen molar-refractivity contribution in [2.24, 2.45) is 0 Å². The molecular weight excluding hydrogens is 274 g/mol.